The van der Waals surface area contributed by atoms with Gasteiger partial charge in [0.05, 0.1) is 14.2 Å². The molecular formula is C12H18BrNO2. The van der Waals surface area contributed by atoms with Crippen molar-refractivity contribution in [2.75, 3.05) is 20.8 Å². The largest absolute Gasteiger partial charge is 0.493 e. The fraction of sp³-hybridized carbons (Fsp3) is 0.500. The molecule has 0 aliphatic carbocycles. The molecule has 0 unspecified atom stereocenters. The molecule has 3 nitrogen and oxygen atoms in total. The minimum atomic E-state index is 0.726. The summed E-state index contributed by atoms with van der Waals surface area (Å²) in [6.07, 6.45) is 3.02. The second-order valence-electron chi connectivity index (χ2n) is 3.51. The van der Waals surface area contributed by atoms with Gasteiger partial charge >= 0.3 is 0 Å². The number of unbranched alkanes of at least 4 members (excludes halogenated alkanes) is 1. The van der Waals surface area contributed by atoms with Gasteiger partial charge in [-0.15, -0.1) is 0 Å². The van der Waals surface area contributed by atoms with Crippen molar-refractivity contribution in [3.05, 3.63) is 22.2 Å². The van der Waals surface area contributed by atoms with Gasteiger partial charge in [0, 0.05) is 10.0 Å². The van der Waals surface area contributed by atoms with Gasteiger partial charge in [-0.25, -0.2) is 0 Å². The highest BCUT2D eigenvalue weighted by atomic mass is 79.9. The summed E-state index contributed by atoms with van der Waals surface area (Å²) in [7, 11) is 3.31. The normalized spacial score (nSPS) is 10.2. The van der Waals surface area contributed by atoms with Crippen LogP contribution in [0.3, 0.4) is 0 Å². The SMILES string of the molecule is COc1ccc(Br)c(CCCCN)c1OC. The smallest absolute Gasteiger partial charge is 0.165 e. The molecule has 1 aromatic carbocycles. The molecule has 0 aliphatic heterocycles. The zero-order valence-corrected chi connectivity index (χ0v) is 11.3. The molecule has 0 bridgehead atoms. The van der Waals surface area contributed by atoms with E-state index in [9.17, 15) is 0 Å². The third-order valence-electron chi connectivity index (χ3n) is 2.47. The number of ether oxygens (including phenoxy) is 2. The van der Waals surface area contributed by atoms with Gasteiger partial charge in [-0.2, -0.15) is 0 Å². The lowest BCUT2D eigenvalue weighted by molar-refractivity contribution is 0.351. The van der Waals surface area contributed by atoms with Crippen LogP contribution in [0.4, 0.5) is 0 Å². The lowest BCUT2D eigenvalue weighted by atomic mass is 10.1. The Hall–Kier alpha value is -0.740. The molecule has 0 spiro atoms. The summed E-state index contributed by atoms with van der Waals surface area (Å²) in [4.78, 5) is 0. The molecule has 0 fully saturated rings. The third kappa shape index (κ3) is 3.12. The highest BCUT2D eigenvalue weighted by Gasteiger charge is 2.12. The number of hydrogen-bond acceptors (Lipinski definition) is 3. The Morgan fingerprint density at radius 1 is 1.19 bits per heavy atom. The van der Waals surface area contributed by atoms with E-state index in [1.807, 2.05) is 12.1 Å². The Labute approximate surface area is 105 Å². The molecule has 16 heavy (non-hydrogen) atoms. The predicted molar refractivity (Wildman–Crippen MR) is 69.2 cm³/mol. The predicted octanol–water partition coefficient (Wildman–Crippen LogP) is 2.75. The van der Waals surface area contributed by atoms with Crippen molar-refractivity contribution in [2.24, 2.45) is 5.73 Å². The Kier molecular flexibility index (Phi) is 5.63. The van der Waals surface area contributed by atoms with E-state index in [-0.39, 0.29) is 0 Å². The number of rotatable bonds is 6. The molecule has 0 radical (unpaired) electrons. The molecule has 2 N–H and O–H groups in total. The zero-order valence-electron chi connectivity index (χ0n) is 9.75. The van der Waals surface area contributed by atoms with Crippen LogP contribution >= 0.6 is 15.9 Å². The van der Waals surface area contributed by atoms with Crippen molar-refractivity contribution in [1.82, 2.24) is 0 Å². The van der Waals surface area contributed by atoms with E-state index < -0.39 is 0 Å². The highest BCUT2D eigenvalue weighted by molar-refractivity contribution is 9.10. The molecule has 90 valence electrons. The number of benzene rings is 1. The van der Waals surface area contributed by atoms with Crippen LogP contribution in [0.1, 0.15) is 18.4 Å². The first kappa shape index (κ1) is 13.3. The molecule has 0 atom stereocenters. The first-order chi connectivity index (χ1) is 7.74. The van der Waals surface area contributed by atoms with Gasteiger partial charge in [0.15, 0.2) is 11.5 Å². The molecule has 1 rings (SSSR count). The van der Waals surface area contributed by atoms with Crippen LogP contribution in [-0.4, -0.2) is 20.8 Å². The third-order valence-corrected chi connectivity index (χ3v) is 3.22. The van der Waals surface area contributed by atoms with Crippen molar-refractivity contribution in [2.45, 2.75) is 19.3 Å². The van der Waals surface area contributed by atoms with Crippen LogP contribution in [0.25, 0.3) is 0 Å². The second kappa shape index (κ2) is 6.76. The van der Waals surface area contributed by atoms with Gasteiger partial charge in [0.1, 0.15) is 0 Å². The van der Waals surface area contributed by atoms with Gasteiger partial charge in [0.25, 0.3) is 0 Å². The molecular weight excluding hydrogens is 270 g/mol. The van der Waals surface area contributed by atoms with E-state index in [1.54, 1.807) is 14.2 Å². The van der Waals surface area contributed by atoms with Crippen LogP contribution in [0.2, 0.25) is 0 Å². The summed E-state index contributed by atoms with van der Waals surface area (Å²) in [5, 5.41) is 0. The topological polar surface area (TPSA) is 44.5 Å². The first-order valence-corrected chi connectivity index (χ1v) is 6.13. The van der Waals surface area contributed by atoms with E-state index in [2.05, 4.69) is 15.9 Å². The van der Waals surface area contributed by atoms with Gasteiger partial charge in [0.2, 0.25) is 0 Å². The van der Waals surface area contributed by atoms with Crippen LogP contribution < -0.4 is 15.2 Å². The Balaban J connectivity index is 2.94. The molecule has 4 heteroatoms. The van der Waals surface area contributed by atoms with Crippen molar-refractivity contribution in [1.29, 1.82) is 0 Å². The zero-order chi connectivity index (χ0) is 12.0. The fourth-order valence-corrected chi connectivity index (χ4v) is 2.16. The molecule has 0 aromatic heterocycles. The van der Waals surface area contributed by atoms with Crippen LogP contribution in [0.15, 0.2) is 16.6 Å². The van der Waals surface area contributed by atoms with E-state index in [4.69, 9.17) is 15.2 Å². The van der Waals surface area contributed by atoms with Crippen LogP contribution in [0, 0.1) is 0 Å². The van der Waals surface area contributed by atoms with E-state index in [0.717, 1.165) is 47.3 Å². The molecule has 1 aromatic rings. The average molecular weight is 288 g/mol. The molecule has 0 saturated carbocycles. The van der Waals surface area contributed by atoms with Gasteiger partial charge in [-0.3, -0.25) is 0 Å². The van der Waals surface area contributed by atoms with Gasteiger partial charge in [-0.1, -0.05) is 15.9 Å². The van der Waals surface area contributed by atoms with E-state index >= 15 is 0 Å². The Bertz CT molecular complexity index is 342. The van der Waals surface area contributed by atoms with E-state index in [0.29, 0.717) is 0 Å². The highest BCUT2D eigenvalue weighted by Crippen LogP contribution is 2.36. The summed E-state index contributed by atoms with van der Waals surface area (Å²) in [6, 6.07) is 3.88. The van der Waals surface area contributed by atoms with Gasteiger partial charge < -0.3 is 15.2 Å². The van der Waals surface area contributed by atoms with Crippen molar-refractivity contribution in [3.8, 4) is 11.5 Å². The average Bonchev–Trinajstić information content (AvgIpc) is 2.31. The summed E-state index contributed by atoms with van der Waals surface area (Å²) in [6.45, 7) is 0.726. The fourth-order valence-electron chi connectivity index (χ4n) is 1.65. The minimum absolute atomic E-state index is 0.726. The second-order valence-corrected chi connectivity index (χ2v) is 4.36. The minimum Gasteiger partial charge on any atom is -0.493 e. The van der Waals surface area contributed by atoms with Crippen LogP contribution in [-0.2, 0) is 6.42 Å². The quantitative estimate of drug-likeness (QED) is 0.819. The summed E-state index contributed by atoms with van der Waals surface area (Å²) >= 11 is 3.54. The maximum Gasteiger partial charge on any atom is 0.165 e. The molecule has 0 aliphatic rings. The number of hydrogen-bond donors (Lipinski definition) is 1. The van der Waals surface area contributed by atoms with Crippen molar-refractivity contribution < 1.29 is 9.47 Å². The number of halogens is 1. The first-order valence-electron chi connectivity index (χ1n) is 5.34. The maximum atomic E-state index is 5.49. The standard InChI is InChI=1S/C12H18BrNO2/c1-15-11-7-6-10(13)9(12(11)16-2)5-3-4-8-14/h6-7H,3-5,8,14H2,1-2H3. The summed E-state index contributed by atoms with van der Waals surface area (Å²) < 4.78 is 11.7. The summed E-state index contributed by atoms with van der Waals surface area (Å²) in [5.74, 6) is 1.59. The summed E-state index contributed by atoms with van der Waals surface area (Å²) in [5.41, 5.74) is 6.64. The molecule has 0 amide bonds. The Morgan fingerprint density at radius 2 is 1.94 bits per heavy atom. The van der Waals surface area contributed by atoms with Crippen LogP contribution in [0.5, 0.6) is 11.5 Å². The number of nitrogens with two attached hydrogens (primary N) is 1. The maximum absolute atomic E-state index is 5.49. The molecule has 0 heterocycles. The Morgan fingerprint density at radius 3 is 2.50 bits per heavy atom. The lowest BCUT2D eigenvalue weighted by Crippen LogP contribution is -2.01. The van der Waals surface area contributed by atoms with Crippen molar-refractivity contribution in [3.63, 3.8) is 0 Å². The van der Waals surface area contributed by atoms with Gasteiger partial charge in [-0.05, 0) is 37.9 Å². The van der Waals surface area contributed by atoms with E-state index in [1.165, 1.54) is 0 Å². The monoisotopic (exact) mass is 287 g/mol. The lowest BCUT2D eigenvalue weighted by Gasteiger charge is -2.14. The molecule has 0 saturated heterocycles. The van der Waals surface area contributed by atoms with Crippen molar-refractivity contribution >= 4 is 15.9 Å². The number of methoxy groups -OCH3 is 2.